The van der Waals surface area contributed by atoms with Gasteiger partial charge < -0.3 is 5.73 Å². The molecule has 2 N–H and O–H groups in total. The van der Waals surface area contributed by atoms with E-state index in [9.17, 15) is 0 Å². The zero-order chi connectivity index (χ0) is 14.3. The number of thiophene rings is 1. The number of nitrogens with zero attached hydrogens (tertiary/aromatic N) is 2. The van der Waals surface area contributed by atoms with Crippen molar-refractivity contribution in [3.8, 4) is 22.4 Å². The number of benzene rings is 1. The second-order valence-electron chi connectivity index (χ2n) is 4.71. The summed E-state index contributed by atoms with van der Waals surface area (Å²) in [6, 6.07) is 7.70. The van der Waals surface area contributed by atoms with Crippen molar-refractivity contribution in [1.82, 2.24) is 9.78 Å². The highest BCUT2D eigenvalue weighted by Gasteiger charge is 2.19. The molecule has 0 saturated carbocycles. The number of anilines is 1. The summed E-state index contributed by atoms with van der Waals surface area (Å²) in [5.74, 6) is 0.646. The Morgan fingerprint density at radius 2 is 2.10 bits per heavy atom. The van der Waals surface area contributed by atoms with E-state index in [4.69, 9.17) is 17.3 Å². The van der Waals surface area contributed by atoms with Crippen LogP contribution in [0.5, 0.6) is 0 Å². The maximum atomic E-state index is 6.20. The molecule has 20 heavy (non-hydrogen) atoms. The van der Waals surface area contributed by atoms with E-state index in [2.05, 4.69) is 22.8 Å². The van der Waals surface area contributed by atoms with Crippen LogP contribution in [0.15, 0.2) is 35.0 Å². The van der Waals surface area contributed by atoms with Crippen LogP contribution in [0.25, 0.3) is 22.4 Å². The normalized spacial score (nSPS) is 10.9. The van der Waals surface area contributed by atoms with Gasteiger partial charge in [0, 0.05) is 23.0 Å². The molecule has 0 spiro atoms. The Kier molecular flexibility index (Phi) is 3.28. The van der Waals surface area contributed by atoms with E-state index in [1.807, 2.05) is 31.3 Å². The molecule has 1 aromatic carbocycles. The third kappa shape index (κ3) is 2.11. The molecule has 2 heterocycles. The van der Waals surface area contributed by atoms with E-state index in [-0.39, 0.29) is 0 Å². The maximum Gasteiger partial charge on any atom is 0.129 e. The van der Waals surface area contributed by atoms with Crippen LogP contribution in [-0.2, 0) is 7.05 Å². The molecule has 0 amide bonds. The predicted octanol–water partition coefficient (Wildman–Crippen LogP) is 4.36. The van der Waals surface area contributed by atoms with Gasteiger partial charge in [-0.25, -0.2) is 0 Å². The number of hydrogen-bond acceptors (Lipinski definition) is 3. The summed E-state index contributed by atoms with van der Waals surface area (Å²) in [6.45, 7) is 2.08. The summed E-state index contributed by atoms with van der Waals surface area (Å²) in [7, 11) is 1.86. The van der Waals surface area contributed by atoms with Crippen molar-refractivity contribution < 1.29 is 0 Å². The highest BCUT2D eigenvalue weighted by Crippen LogP contribution is 2.38. The first-order valence-electron chi connectivity index (χ1n) is 6.19. The second-order valence-corrected chi connectivity index (χ2v) is 5.89. The Morgan fingerprint density at radius 1 is 1.30 bits per heavy atom. The van der Waals surface area contributed by atoms with Crippen LogP contribution in [0, 0.1) is 6.92 Å². The Balaban J connectivity index is 2.28. The van der Waals surface area contributed by atoms with E-state index in [1.54, 1.807) is 16.0 Å². The molecule has 0 radical (unpaired) electrons. The molecular weight excluding hydrogens is 290 g/mol. The minimum Gasteiger partial charge on any atom is -0.383 e. The second kappa shape index (κ2) is 4.96. The van der Waals surface area contributed by atoms with Crippen LogP contribution in [0.3, 0.4) is 0 Å². The Hall–Kier alpha value is -1.78. The van der Waals surface area contributed by atoms with E-state index in [0.717, 1.165) is 22.4 Å². The molecule has 5 heteroatoms. The van der Waals surface area contributed by atoms with Gasteiger partial charge in [-0.15, -0.1) is 0 Å². The number of rotatable bonds is 2. The smallest absolute Gasteiger partial charge is 0.129 e. The van der Waals surface area contributed by atoms with Gasteiger partial charge in [0.1, 0.15) is 11.5 Å². The highest BCUT2D eigenvalue weighted by molar-refractivity contribution is 7.08. The molecule has 0 saturated heterocycles. The number of nitrogen functional groups attached to an aromatic ring is 1. The number of hydrogen-bond donors (Lipinski definition) is 1. The molecule has 0 unspecified atom stereocenters. The van der Waals surface area contributed by atoms with Gasteiger partial charge in [-0.05, 0) is 35.6 Å². The minimum absolute atomic E-state index is 0.646. The van der Waals surface area contributed by atoms with Gasteiger partial charge in [0.05, 0.1) is 5.56 Å². The van der Waals surface area contributed by atoms with Crippen molar-refractivity contribution in [2.75, 3.05) is 5.73 Å². The van der Waals surface area contributed by atoms with E-state index >= 15 is 0 Å². The van der Waals surface area contributed by atoms with Crippen LogP contribution in [0.4, 0.5) is 5.82 Å². The summed E-state index contributed by atoms with van der Waals surface area (Å²) in [5.41, 5.74) is 11.4. The standard InChI is InChI=1S/C15H14ClN3S/c1-9-7-20-8-12(9)14-13(15(17)19(2)18-14)10-4-3-5-11(16)6-10/h3-8H,17H2,1-2H3. The average Bonchev–Trinajstić information content (AvgIpc) is 2.94. The van der Waals surface area contributed by atoms with Gasteiger partial charge in [-0.1, -0.05) is 23.7 Å². The molecule has 0 bridgehead atoms. The predicted molar refractivity (Wildman–Crippen MR) is 86.1 cm³/mol. The van der Waals surface area contributed by atoms with Crippen molar-refractivity contribution in [3.05, 3.63) is 45.6 Å². The summed E-state index contributed by atoms with van der Waals surface area (Å²) in [5, 5.41) is 9.48. The summed E-state index contributed by atoms with van der Waals surface area (Å²) in [4.78, 5) is 0. The number of aromatic nitrogens is 2. The van der Waals surface area contributed by atoms with Gasteiger partial charge >= 0.3 is 0 Å². The first-order chi connectivity index (χ1) is 9.58. The van der Waals surface area contributed by atoms with E-state index in [0.29, 0.717) is 10.8 Å². The molecule has 0 atom stereocenters. The topological polar surface area (TPSA) is 43.8 Å². The molecule has 3 rings (SSSR count). The maximum absolute atomic E-state index is 6.20. The van der Waals surface area contributed by atoms with E-state index in [1.165, 1.54) is 5.56 Å². The third-order valence-electron chi connectivity index (χ3n) is 3.32. The summed E-state index contributed by atoms with van der Waals surface area (Å²) >= 11 is 7.76. The lowest BCUT2D eigenvalue weighted by molar-refractivity contribution is 0.782. The Bertz CT molecular complexity index is 773. The van der Waals surface area contributed by atoms with Crippen molar-refractivity contribution in [2.24, 2.45) is 7.05 Å². The van der Waals surface area contributed by atoms with Crippen LogP contribution in [0.1, 0.15) is 5.56 Å². The average molecular weight is 304 g/mol. The molecule has 2 aromatic heterocycles. The first-order valence-corrected chi connectivity index (χ1v) is 7.51. The number of halogens is 1. The number of nitrogens with two attached hydrogens (primary N) is 1. The minimum atomic E-state index is 0.646. The van der Waals surface area contributed by atoms with Crippen LogP contribution >= 0.6 is 22.9 Å². The lowest BCUT2D eigenvalue weighted by atomic mass is 10.0. The van der Waals surface area contributed by atoms with Crippen molar-refractivity contribution in [2.45, 2.75) is 6.92 Å². The fraction of sp³-hybridized carbons (Fsp3) is 0.133. The van der Waals surface area contributed by atoms with Gasteiger partial charge in [0.2, 0.25) is 0 Å². The van der Waals surface area contributed by atoms with Crippen LogP contribution in [0.2, 0.25) is 5.02 Å². The van der Waals surface area contributed by atoms with Gasteiger partial charge in [0.15, 0.2) is 0 Å². The monoisotopic (exact) mass is 303 g/mol. The summed E-state index contributed by atoms with van der Waals surface area (Å²) < 4.78 is 1.71. The van der Waals surface area contributed by atoms with Gasteiger partial charge in [0.25, 0.3) is 0 Å². The molecule has 3 nitrogen and oxygen atoms in total. The van der Waals surface area contributed by atoms with Gasteiger partial charge in [-0.2, -0.15) is 16.4 Å². The molecule has 0 aliphatic carbocycles. The fourth-order valence-corrected chi connectivity index (χ4v) is 3.28. The third-order valence-corrected chi connectivity index (χ3v) is 4.41. The molecule has 0 fully saturated rings. The van der Waals surface area contributed by atoms with Crippen molar-refractivity contribution in [1.29, 1.82) is 0 Å². The SMILES string of the molecule is Cc1cscc1-c1nn(C)c(N)c1-c1cccc(Cl)c1. The Labute approximate surface area is 126 Å². The van der Waals surface area contributed by atoms with Crippen molar-refractivity contribution >= 4 is 28.8 Å². The van der Waals surface area contributed by atoms with E-state index < -0.39 is 0 Å². The molecular formula is C15H14ClN3S. The Morgan fingerprint density at radius 3 is 2.75 bits per heavy atom. The largest absolute Gasteiger partial charge is 0.383 e. The zero-order valence-electron chi connectivity index (χ0n) is 11.2. The van der Waals surface area contributed by atoms with Crippen molar-refractivity contribution in [3.63, 3.8) is 0 Å². The molecule has 102 valence electrons. The molecule has 3 aromatic rings. The summed E-state index contributed by atoms with van der Waals surface area (Å²) in [6.07, 6.45) is 0. The fourth-order valence-electron chi connectivity index (χ4n) is 2.26. The zero-order valence-corrected chi connectivity index (χ0v) is 12.8. The first kappa shape index (κ1) is 13.2. The van der Waals surface area contributed by atoms with Gasteiger partial charge in [-0.3, -0.25) is 4.68 Å². The van der Waals surface area contributed by atoms with Crippen LogP contribution < -0.4 is 5.73 Å². The highest BCUT2D eigenvalue weighted by atomic mass is 35.5. The lowest BCUT2D eigenvalue weighted by Gasteiger charge is -2.04. The molecule has 0 aliphatic rings. The number of aryl methyl sites for hydroxylation is 2. The quantitative estimate of drug-likeness (QED) is 0.764. The lowest BCUT2D eigenvalue weighted by Crippen LogP contribution is -1.97. The van der Waals surface area contributed by atoms with Crippen LogP contribution in [-0.4, -0.2) is 9.78 Å². The molecule has 0 aliphatic heterocycles.